The van der Waals surface area contributed by atoms with Gasteiger partial charge in [-0.05, 0) is 45.3 Å². The maximum atomic E-state index is 11.3. The van der Waals surface area contributed by atoms with E-state index in [0.717, 1.165) is 29.9 Å². The number of hydrogen-bond acceptors (Lipinski definition) is 5. The van der Waals surface area contributed by atoms with Gasteiger partial charge in [-0.2, -0.15) is 0 Å². The topological polar surface area (TPSA) is 72.0 Å². The maximum Gasteiger partial charge on any atom is 0.154 e. The molecule has 1 unspecified atom stereocenters. The molecule has 0 saturated carbocycles. The fraction of sp³-hybridized carbons (Fsp3) is 0.692. The van der Waals surface area contributed by atoms with E-state index in [2.05, 4.69) is 22.2 Å². The largest absolute Gasteiger partial charge is 0.319 e. The zero-order valence-corrected chi connectivity index (χ0v) is 13.1. The molecule has 0 aromatic carbocycles. The molecule has 0 spiro atoms. The lowest BCUT2D eigenvalue weighted by Gasteiger charge is -2.15. The van der Waals surface area contributed by atoms with E-state index in [1.807, 2.05) is 20.9 Å². The quantitative estimate of drug-likeness (QED) is 0.845. The van der Waals surface area contributed by atoms with E-state index in [9.17, 15) is 8.42 Å². The van der Waals surface area contributed by atoms with Crippen molar-refractivity contribution in [3.05, 3.63) is 22.8 Å². The van der Waals surface area contributed by atoms with Crippen LogP contribution in [0, 0.1) is 19.8 Å². The Balaban J connectivity index is 2.97. The van der Waals surface area contributed by atoms with Gasteiger partial charge in [-0.15, -0.1) is 0 Å². The summed E-state index contributed by atoms with van der Waals surface area (Å²) >= 11 is 0. The van der Waals surface area contributed by atoms with E-state index in [0.29, 0.717) is 11.7 Å². The molecule has 1 atom stereocenters. The van der Waals surface area contributed by atoms with Crippen LogP contribution in [0.25, 0.3) is 0 Å². The van der Waals surface area contributed by atoms with Crippen molar-refractivity contribution in [1.29, 1.82) is 0 Å². The normalized spacial score (nSPS) is 13.5. The molecule has 1 aromatic rings. The molecule has 6 heteroatoms. The van der Waals surface area contributed by atoms with E-state index in [4.69, 9.17) is 0 Å². The molecule has 1 heterocycles. The monoisotopic (exact) mass is 285 g/mol. The Morgan fingerprint density at radius 3 is 2.16 bits per heavy atom. The molecular formula is C13H23N3O2S. The first-order chi connectivity index (χ1) is 8.73. The van der Waals surface area contributed by atoms with Gasteiger partial charge in [0.25, 0.3) is 0 Å². The van der Waals surface area contributed by atoms with Crippen molar-refractivity contribution < 1.29 is 8.42 Å². The van der Waals surface area contributed by atoms with Gasteiger partial charge in [-0.25, -0.2) is 18.4 Å². The molecule has 0 aliphatic carbocycles. The Kier molecular flexibility index (Phi) is 5.43. The maximum absolute atomic E-state index is 11.3. The van der Waals surface area contributed by atoms with Gasteiger partial charge in [0.2, 0.25) is 0 Å². The molecule has 0 radical (unpaired) electrons. The molecule has 1 N–H and O–H groups in total. The number of hydrogen-bond donors (Lipinski definition) is 1. The Labute approximate surface area is 115 Å². The standard InChI is InChI=1S/C13H23N3O2S/c1-9(7-14-4)6-12-10(2)15-13(16-11(12)3)8-19(5,17)18/h9,14H,6-8H2,1-5H3. The highest BCUT2D eigenvalue weighted by Crippen LogP contribution is 2.16. The highest BCUT2D eigenvalue weighted by molar-refractivity contribution is 7.89. The molecule has 1 aromatic heterocycles. The smallest absolute Gasteiger partial charge is 0.154 e. The first-order valence-electron chi connectivity index (χ1n) is 6.38. The molecule has 0 saturated heterocycles. The zero-order chi connectivity index (χ0) is 14.6. The molecule has 1 rings (SSSR count). The van der Waals surface area contributed by atoms with Crippen LogP contribution in [0.4, 0.5) is 0 Å². The van der Waals surface area contributed by atoms with Crippen LogP contribution in [0.2, 0.25) is 0 Å². The van der Waals surface area contributed by atoms with Crippen molar-refractivity contribution >= 4 is 9.84 Å². The van der Waals surface area contributed by atoms with Crippen molar-refractivity contribution in [3.8, 4) is 0 Å². The molecule has 0 bridgehead atoms. The van der Waals surface area contributed by atoms with Crippen molar-refractivity contribution in [1.82, 2.24) is 15.3 Å². The van der Waals surface area contributed by atoms with Gasteiger partial charge in [0, 0.05) is 17.6 Å². The van der Waals surface area contributed by atoms with Crippen LogP contribution in [0.3, 0.4) is 0 Å². The Bertz CT molecular complexity index is 518. The van der Waals surface area contributed by atoms with Crippen molar-refractivity contribution in [3.63, 3.8) is 0 Å². The van der Waals surface area contributed by atoms with Crippen molar-refractivity contribution in [2.45, 2.75) is 32.9 Å². The third kappa shape index (κ3) is 5.24. The zero-order valence-electron chi connectivity index (χ0n) is 12.3. The SMILES string of the molecule is CNCC(C)Cc1c(C)nc(CS(C)(=O)=O)nc1C. The summed E-state index contributed by atoms with van der Waals surface area (Å²) in [7, 11) is -1.16. The van der Waals surface area contributed by atoms with Crippen LogP contribution in [0.1, 0.15) is 29.7 Å². The van der Waals surface area contributed by atoms with Gasteiger partial charge in [-0.1, -0.05) is 6.92 Å². The number of nitrogens with zero attached hydrogens (tertiary/aromatic N) is 2. The van der Waals surface area contributed by atoms with E-state index < -0.39 is 9.84 Å². The first kappa shape index (κ1) is 16.0. The van der Waals surface area contributed by atoms with Gasteiger partial charge in [0.15, 0.2) is 9.84 Å². The third-order valence-electron chi connectivity index (χ3n) is 2.96. The van der Waals surface area contributed by atoms with Gasteiger partial charge in [0.1, 0.15) is 11.6 Å². The average Bonchev–Trinajstić information content (AvgIpc) is 2.21. The molecule has 0 aliphatic heterocycles. The second-order valence-electron chi connectivity index (χ2n) is 5.23. The lowest BCUT2D eigenvalue weighted by atomic mass is 9.99. The van der Waals surface area contributed by atoms with Crippen LogP contribution in [0.5, 0.6) is 0 Å². The summed E-state index contributed by atoms with van der Waals surface area (Å²) in [4.78, 5) is 8.64. The van der Waals surface area contributed by atoms with E-state index in [1.165, 1.54) is 6.26 Å². The van der Waals surface area contributed by atoms with Gasteiger partial charge in [0.05, 0.1) is 0 Å². The minimum Gasteiger partial charge on any atom is -0.319 e. The second kappa shape index (κ2) is 6.43. The average molecular weight is 285 g/mol. The molecule has 5 nitrogen and oxygen atoms in total. The Hall–Kier alpha value is -1.01. The predicted molar refractivity (Wildman–Crippen MR) is 76.8 cm³/mol. The third-order valence-corrected chi connectivity index (χ3v) is 3.75. The molecule has 0 fully saturated rings. The number of aryl methyl sites for hydroxylation is 2. The lowest BCUT2D eigenvalue weighted by molar-refractivity contribution is 0.536. The summed E-state index contributed by atoms with van der Waals surface area (Å²) in [5.41, 5.74) is 2.89. The predicted octanol–water partition coefficient (Wildman–Crippen LogP) is 1.04. The minimum atomic E-state index is -3.09. The molecule has 19 heavy (non-hydrogen) atoms. The van der Waals surface area contributed by atoms with Crippen LogP contribution < -0.4 is 5.32 Å². The Morgan fingerprint density at radius 1 is 1.21 bits per heavy atom. The van der Waals surface area contributed by atoms with Crippen molar-refractivity contribution in [2.75, 3.05) is 19.8 Å². The van der Waals surface area contributed by atoms with Crippen LogP contribution >= 0.6 is 0 Å². The lowest BCUT2D eigenvalue weighted by Crippen LogP contribution is -2.19. The highest BCUT2D eigenvalue weighted by Gasteiger charge is 2.14. The molecule has 0 amide bonds. The minimum absolute atomic E-state index is 0.0962. The van der Waals surface area contributed by atoms with Crippen LogP contribution in [-0.4, -0.2) is 38.2 Å². The summed E-state index contributed by atoms with van der Waals surface area (Å²) in [5.74, 6) is 0.787. The fourth-order valence-corrected chi connectivity index (χ4v) is 2.77. The fourth-order valence-electron chi connectivity index (χ4n) is 2.17. The van der Waals surface area contributed by atoms with E-state index in [1.54, 1.807) is 0 Å². The number of sulfone groups is 1. The van der Waals surface area contributed by atoms with Gasteiger partial charge >= 0.3 is 0 Å². The molecule has 0 aliphatic rings. The van der Waals surface area contributed by atoms with E-state index >= 15 is 0 Å². The molecular weight excluding hydrogens is 262 g/mol. The van der Waals surface area contributed by atoms with E-state index in [-0.39, 0.29) is 5.75 Å². The summed E-state index contributed by atoms with van der Waals surface area (Å²) < 4.78 is 22.6. The summed E-state index contributed by atoms with van der Waals surface area (Å²) in [6.45, 7) is 6.94. The summed E-state index contributed by atoms with van der Waals surface area (Å²) in [6, 6.07) is 0. The number of rotatable bonds is 6. The van der Waals surface area contributed by atoms with Crippen LogP contribution in [-0.2, 0) is 22.0 Å². The number of aromatic nitrogens is 2. The van der Waals surface area contributed by atoms with Crippen LogP contribution in [0.15, 0.2) is 0 Å². The molecule has 108 valence electrons. The first-order valence-corrected chi connectivity index (χ1v) is 8.44. The van der Waals surface area contributed by atoms with Gasteiger partial charge < -0.3 is 5.32 Å². The summed E-state index contributed by atoms with van der Waals surface area (Å²) in [6.07, 6.45) is 2.10. The Morgan fingerprint density at radius 2 is 1.74 bits per heavy atom. The number of nitrogens with one attached hydrogen (secondary N) is 1. The summed E-state index contributed by atoms with van der Waals surface area (Å²) in [5, 5.41) is 3.15. The second-order valence-corrected chi connectivity index (χ2v) is 7.37. The highest BCUT2D eigenvalue weighted by atomic mass is 32.2. The van der Waals surface area contributed by atoms with Gasteiger partial charge in [-0.3, -0.25) is 0 Å². The van der Waals surface area contributed by atoms with Crippen molar-refractivity contribution in [2.24, 2.45) is 5.92 Å².